The molecule has 0 radical (unpaired) electrons. The Morgan fingerprint density at radius 1 is 1.53 bits per heavy atom. The minimum Gasteiger partial charge on any atom is -0.382 e. The van der Waals surface area contributed by atoms with Crippen LogP contribution in [0.15, 0.2) is 6.07 Å². The predicted octanol–water partition coefficient (Wildman–Crippen LogP) is 0.194. The summed E-state index contributed by atoms with van der Waals surface area (Å²) in [5.41, 5.74) is 6.52. The first kappa shape index (κ1) is 11.9. The van der Waals surface area contributed by atoms with E-state index < -0.39 is 0 Å². The SMILES string of the molecule is Cc1cc(N)nn1C(C)C(=O)N1CCOCC1. The fourth-order valence-corrected chi connectivity index (χ4v) is 2.06. The van der Waals surface area contributed by atoms with E-state index in [1.165, 1.54) is 0 Å². The highest BCUT2D eigenvalue weighted by Crippen LogP contribution is 2.15. The zero-order valence-corrected chi connectivity index (χ0v) is 10.2. The lowest BCUT2D eigenvalue weighted by Gasteiger charge is -2.29. The first-order chi connectivity index (χ1) is 8.09. The molecule has 6 heteroatoms. The number of aryl methyl sites for hydroxylation is 1. The van der Waals surface area contributed by atoms with Gasteiger partial charge in [0, 0.05) is 24.8 Å². The smallest absolute Gasteiger partial charge is 0.247 e. The van der Waals surface area contributed by atoms with Crippen LogP contribution < -0.4 is 5.73 Å². The Morgan fingerprint density at radius 2 is 2.18 bits per heavy atom. The second kappa shape index (κ2) is 4.75. The highest BCUT2D eigenvalue weighted by atomic mass is 16.5. The molecule has 17 heavy (non-hydrogen) atoms. The number of carbonyl (C=O) groups excluding carboxylic acids is 1. The highest BCUT2D eigenvalue weighted by Gasteiger charge is 2.25. The number of ether oxygens (including phenoxy) is 1. The van der Waals surface area contributed by atoms with Gasteiger partial charge in [0.1, 0.15) is 11.9 Å². The first-order valence-electron chi connectivity index (χ1n) is 5.78. The van der Waals surface area contributed by atoms with Crippen molar-refractivity contribution in [1.82, 2.24) is 14.7 Å². The number of rotatable bonds is 2. The van der Waals surface area contributed by atoms with Crippen molar-refractivity contribution in [2.45, 2.75) is 19.9 Å². The maximum atomic E-state index is 12.2. The van der Waals surface area contributed by atoms with Gasteiger partial charge in [-0.1, -0.05) is 0 Å². The number of aromatic nitrogens is 2. The van der Waals surface area contributed by atoms with E-state index in [2.05, 4.69) is 5.10 Å². The number of carbonyl (C=O) groups is 1. The van der Waals surface area contributed by atoms with Gasteiger partial charge in [-0.2, -0.15) is 5.10 Å². The summed E-state index contributed by atoms with van der Waals surface area (Å²) in [5.74, 6) is 0.517. The molecule has 1 aliphatic heterocycles. The fraction of sp³-hybridized carbons (Fsp3) is 0.636. The van der Waals surface area contributed by atoms with Crippen LogP contribution >= 0.6 is 0 Å². The van der Waals surface area contributed by atoms with Crippen LogP contribution in [0.25, 0.3) is 0 Å². The molecule has 1 unspecified atom stereocenters. The van der Waals surface area contributed by atoms with Crippen LogP contribution in [0.3, 0.4) is 0 Å². The van der Waals surface area contributed by atoms with Gasteiger partial charge in [0.2, 0.25) is 5.91 Å². The molecular weight excluding hydrogens is 220 g/mol. The lowest BCUT2D eigenvalue weighted by molar-refractivity contribution is -0.138. The number of nitrogens with two attached hydrogens (primary N) is 1. The lowest BCUT2D eigenvalue weighted by Crippen LogP contribution is -2.44. The van der Waals surface area contributed by atoms with Crippen LogP contribution in [0, 0.1) is 6.92 Å². The van der Waals surface area contributed by atoms with E-state index in [0.717, 1.165) is 5.69 Å². The van der Waals surface area contributed by atoms with Crippen LogP contribution in [0.2, 0.25) is 0 Å². The normalized spacial score (nSPS) is 18.1. The number of hydrogen-bond acceptors (Lipinski definition) is 4. The zero-order chi connectivity index (χ0) is 12.4. The second-order valence-corrected chi connectivity index (χ2v) is 4.27. The van der Waals surface area contributed by atoms with Gasteiger partial charge in [0.25, 0.3) is 0 Å². The molecule has 0 saturated carbocycles. The van der Waals surface area contributed by atoms with E-state index in [4.69, 9.17) is 10.5 Å². The number of nitrogens with zero attached hydrogens (tertiary/aromatic N) is 3. The van der Waals surface area contributed by atoms with Crippen molar-refractivity contribution in [3.8, 4) is 0 Å². The summed E-state index contributed by atoms with van der Waals surface area (Å²) in [6.07, 6.45) is 0. The molecule has 0 spiro atoms. The first-order valence-corrected chi connectivity index (χ1v) is 5.78. The Hall–Kier alpha value is -1.56. The van der Waals surface area contributed by atoms with Gasteiger partial charge in [-0.05, 0) is 13.8 Å². The second-order valence-electron chi connectivity index (χ2n) is 4.27. The molecule has 1 amide bonds. The molecule has 6 nitrogen and oxygen atoms in total. The highest BCUT2D eigenvalue weighted by molar-refractivity contribution is 5.80. The van der Waals surface area contributed by atoms with Crippen molar-refractivity contribution >= 4 is 11.7 Å². The summed E-state index contributed by atoms with van der Waals surface area (Å²) in [5, 5.41) is 4.14. The van der Waals surface area contributed by atoms with Crippen molar-refractivity contribution in [3.63, 3.8) is 0 Å². The molecule has 0 aromatic carbocycles. The summed E-state index contributed by atoms with van der Waals surface area (Å²) in [7, 11) is 0. The fourth-order valence-electron chi connectivity index (χ4n) is 2.06. The van der Waals surface area contributed by atoms with Crippen molar-refractivity contribution in [3.05, 3.63) is 11.8 Å². The van der Waals surface area contributed by atoms with Gasteiger partial charge in [0.05, 0.1) is 13.2 Å². The molecule has 1 atom stereocenters. The van der Waals surface area contributed by atoms with Crippen LogP contribution in [0.4, 0.5) is 5.82 Å². The average molecular weight is 238 g/mol. The number of amides is 1. The topological polar surface area (TPSA) is 73.4 Å². The van der Waals surface area contributed by atoms with Crippen molar-refractivity contribution in [2.24, 2.45) is 0 Å². The van der Waals surface area contributed by atoms with Gasteiger partial charge in [-0.15, -0.1) is 0 Å². The van der Waals surface area contributed by atoms with Gasteiger partial charge in [0.15, 0.2) is 0 Å². The van der Waals surface area contributed by atoms with E-state index in [9.17, 15) is 4.79 Å². The maximum absolute atomic E-state index is 12.2. The Morgan fingerprint density at radius 3 is 2.71 bits per heavy atom. The van der Waals surface area contributed by atoms with E-state index in [0.29, 0.717) is 32.1 Å². The minimum absolute atomic E-state index is 0.0690. The molecule has 1 fully saturated rings. The monoisotopic (exact) mass is 238 g/mol. The molecule has 94 valence electrons. The Bertz CT molecular complexity index is 410. The molecular formula is C11H18N4O2. The molecule has 1 saturated heterocycles. The minimum atomic E-state index is -0.314. The number of nitrogen functional groups attached to an aromatic ring is 1. The predicted molar refractivity (Wildman–Crippen MR) is 63.5 cm³/mol. The van der Waals surface area contributed by atoms with E-state index in [1.807, 2.05) is 18.7 Å². The number of hydrogen-bond donors (Lipinski definition) is 1. The number of anilines is 1. The van der Waals surface area contributed by atoms with Gasteiger partial charge < -0.3 is 15.4 Å². The third kappa shape index (κ3) is 2.41. The molecule has 0 aliphatic carbocycles. The summed E-state index contributed by atoms with van der Waals surface area (Å²) >= 11 is 0. The van der Waals surface area contributed by atoms with Gasteiger partial charge >= 0.3 is 0 Å². The van der Waals surface area contributed by atoms with E-state index >= 15 is 0 Å². The Balaban J connectivity index is 2.11. The van der Waals surface area contributed by atoms with Crippen LogP contribution in [0.1, 0.15) is 18.7 Å². The van der Waals surface area contributed by atoms with E-state index in [1.54, 1.807) is 10.7 Å². The van der Waals surface area contributed by atoms with Gasteiger partial charge in [-0.25, -0.2) is 0 Å². The standard InChI is InChI=1S/C11H18N4O2/c1-8-7-10(12)13-15(8)9(2)11(16)14-3-5-17-6-4-14/h7,9H,3-6H2,1-2H3,(H2,12,13). The maximum Gasteiger partial charge on any atom is 0.247 e. The Labute approximate surface area is 100 Å². The lowest BCUT2D eigenvalue weighted by atomic mass is 10.2. The van der Waals surface area contributed by atoms with Crippen molar-refractivity contribution in [2.75, 3.05) is 32.0 Å². The molecule has 1 aromatic rings. The molecule has 2 rings (SSSR count). The third-order valence-electron chi connectivity index (χ3n) is 2.99. The summed E-state index contributed by atoms with van der Waals surface area (Å²) in [6.45, 7) is 6.26. The summed E-state index contributed by atoms with van der Waals surface area (Å²) in [6, 6.07) is 1.45. The van der Waals surface area contributed by atoms with Crippen molar-refractivity contribution < 1.29 is 9.53 Å². The number of morpholine rings is 1. The Kier molecular flexibility index (Phi) is 3.33. The zero-order valence-electron chi connectivity index (χ0n) is 10.2. The largest absolute Gasteiger partial charge is 0.382 e. The average Bonchev–Trinajstić information content (AvgIpc) is 2.68. The molecule has 0 bridgehead atoms. The molecule has 1 aliphatic rings. The molecule has 1 aromatic heterocycles. The molecule has 2 heterocycles. The molecule has 2 N–H and O–H groups in total. The van der Waals surface area contributed by atoms with Gasteiger partial charge in [-0.3, -0.25) is 9.48 Å². The van der Waals surface area contributed by atoms with Crippen LogP contribution in [-0.4, -0.2) is 46.9 Å². The van der Waals surface area contributed by atoms with Crippen molar-refractivity contribution in [1.29, 1.82) is 0 Å². The quantitative estimate of drug-likeness (QED) is 0.798. The summed E-state index contributed by atoms with van der Waals surface area (Å²) < 4.78 is 6.90. The van der Waals surface area contributed by atoms with E-state index in [-0.39, 0.29) is 11.9 Å². The van der Waals surface area contributed by atoms with Crippen LogP contribution in [-0.2, 0) is 9.53 Å². The third-order valence-corrected chi connectivity index (χ3v) is 2.99. The summed E-state index contributed by atoms with van der Waals surface area (Å²) in [4.78, 5) is 14.0. The van der Waals surface area contributed by atoms with Crippen LogP contribution in [0.5, 0.6) is 0 Å².